The number of imidazole rings is 4. The molecule has 0 saturated heterocycles. The Morgan fingerprint density at radius 1 is 0.386 bits per heavy atom. The number of ether oxygens (including phenoxy) is 4. The predicted molar refractivity (Wildman–Crippen MR) is 552 cm³/mol. The van der Waals surface area contributed by atoms with Crippen LogP contribution in [0.1, 0.15) is 348 Å². The van der Waals surface area contributed by atoms with Crippen molar-refractivity contribution in [2.45, 2.75) is 365 Å². The van der Waals surface area contributed by atoms with Crippen LogP contribution in [-0.2, 0) is 76.8 Å². The third-order valence-corrected chi connectivity index (χ3v) is 33.8. The number of ketones is 4. The molecule has 10 aromatic rings. The number of hydrogen-bond donors (Lipinski definition) is 4. The lowest BCUT2D eigenvalue weighted by atomic mass is 9.82. The van der Waals surface area contributed by atoms with Crippen LogP contribution in [0, 0.1) is 35.5 Å². The molecule has 0 radical (unpaired) electrons. The first-order valence-corrected chi connectivity index (χ1v) is 53.5. The maximum atomic E-state index is 13.7. The summed E-state index contributed by atoms with van der Waals surface area (Å²) < 4.78 is 58.1. The molecule has 0 spiro atoms. The van der Waals surface area contributed by atoms with Gasteiger partial charge in [-0.15, -0.1) is 0 Å². The maximum Gasteiger partial charge on any atom is 0.414 e. The number of anilines is 4. The molecule has 10 aliphatic rings. The summed E-state index contributed by atoms with van der Waals surface area (Å²) in [5.74, 6) is 1.37. The summed E-state index contributed by atoms with van der Waals surface area (Å²) in [4.78, 5) is 126. The Bertz CT molecular complexity index is 6390. The van der Waals surface area contributed by atoms with E-state index in [-0.39, 0.29) is 133 Å². The number of hydrogen-bond acceptors (Lipinski definition) is 21. The molecule has 5 aromatic carbocycles. The number of alkyl halides is 2. The van der Waals surface area contributed by atoms with E-state index in [0.717, 1.165) is 255 Å². The van der Waals surface area contributed by atoms with Crippen molar-refractivity contribution in [2.24, 2.45) is 35.5 Å². The first-order valence-electron chi connectivity index (χ1n) is 53.1. The van der Waals surface area contributed by atoms with Gasteiger partial charge in [0.2, 0.25) is 5.92 Å². The Kier molecular flexibility index (Phi) is 32.9. The highest BCUT2D eigenvalue weighted by molar-refractivity contribution is 6.30. The van der Waals surface area contributed by atoms with Crippen LogP contribution >= 0.6 is 11.6 Å². The topological polar surface area (TPSA) is 356 Å². The summed E-state index contributed by atoms with van der Waals surface area (Å²) in [7, 11) is 5.59. The molecule has 6 fully saturated rings. The number of fused-ring (bicyclic) bond motifs is 12. The number of aliphatic hydroxyl groups excluding tert-OH is 4. The molecule has 6 saturated carbocycles. The van der Waals surface area contributed by atoms with E-state index in [1.165, 1.54) is 60.3 Å². The van der Waals surface area contributed by atoms with Gasteiger partial charge in [-0.25, -0.2) is 47.9 Å². The normalized spacial score (nSPS) is 24.6. The molecular formula is C112H145ClF2N14O16. The van der Waals surface area contributed by atoms with Gasteiger partial charge in [0.25, 0.3) is 0 Å². The van der Waals surface area contributed by atoms with Crippen molar-refractivity contribution < 1.29 is 86.5 Å². The third-order valence-electron chi connectivity index (χ3n) is 33.6. The number of rotatable bonds is 20. The molecule has 30 nitrogen and oxygen atoms in total. The number of aryl methyl sites for hydroxylation is 4. The molecule has 0 bridgehead atoms. The molecule has 4 aliphatic heterocycles. The van der Waals surface area contributed by atoms with E-state index in [2.05, 4.69) is 29.4 Å². The zero-order chi connectivity index (χ0) is 103. The second-order valence-corrected chi connectivity index (χ2v) is 43.5. The van der Waals surface area contributed by atoms with Crippen molar-refractivity contribution in [3.63, 3.8) is 0 Å². The average molecular weight is 2020 g/mol. The van der Waals surface area contributed by atoms with Gasteiger partial charge in [-0.3, -0.25) is 43.5 Å². The number of methoxy groups -OCH3 is 4. The fraction of sp³-hybridized carbons (Fsp3) is 0.598. The van der Waals surface area contributed by atoms with Crippen molar-refractivity contribution in [3.8, 4) is 0 Å². The van der Waals surface area contributed by atoms with E-state index < -0.39 is 42.5 Å². The van der Waals surface area contributed by atoms with Gasteiger partial charge in [-0.1, -0.05) is 93.3 Å². The van der Waals surface area contributed by atoms with E-state index in [0.29, 0.717) is 60.5 Å². The highest BCUT2D eigenvalue weighted by Crippen LogP contribution is 2.51. The van der Waals surface area contributed by atoms with Gasteiger partial charge in [-0.2, -0.15) is 5.10 Å². The van der Waals surface area contributed by atoms with E-state index in [4.69, 9.17) is 50.5 Å². The lowest BCUT2D eigenvalue weighted by Crippen LogP contribution is -2.42. The summed E-state index contributed by atoms with van der Waals surface area (Å²) in [5, 5.41) is 50.5. The molecule has 33 heteroatoms. The molecule has 5 aromatic heterocycles. The van der Waals surface area contributed by atoms with Crippen molar-refractivity contribution >= 4 is 126 Å². The number of halogens is 3. The van der Waals surface area contributed by atoms with Gasteiger partial charge in [0.05, 0.1) is 113 Å². The van der Waals surface area contributed by atoms with Crippen LogP contribution in [0.25, 0.3) is 44.1 Å². The van der Waals surface area contributed by atoms with Gasteiger partial charge >= 0.3 is 24.4 Å². The van der Waals surface area contributed by atoms with Gasteiger partial charge in [0, 0.05) is 120 Å². The second kappa shape index (κ2) is 45.3. The van der Waals surface area contributed by atoms with E-state index in [1.54, 1.807) is 58.2 Å². The molecule has 20 rings (SSSR count). The Hall–Kier alpha value is -11.1. The van der Waals surface area contributed by atoms with Crippen molar-refractivity contribution in [2.75, 3.05) is 48.0 Å². The van der Waals surface area contributed by atoms with Gasteiger partial charge in [0.15, 0.2) is 0 Å². The van der Waals surface area contributed by atoms with E-state index in [1.807, 2.05) is 100 Å². The van der Waals surface area contributed by atoms with E-state index >= 15 is 0 Å². The quantitative estimate of drug-likeness (QED) is 0.0515. The molecule has 6 aliphatic carbocycles. The van der Waals surface area contributed by atoms with E-state index in [9.17, 15) is 67.6 Å². The zero-order valence-electron chi connectivity index (χ0n) is 86.1. The second-order valence-electron chi connectivity index (χ2n) is 43.1. The zero-order valence-corrected chi connectivity index (χ0v) is 86.8. The van der Waals surface area contributed by atoms with Crippen LogP contribution in [0.2, 0.25) is 5.02 Å². The molecule has 0 unspecified atom stereocenters. The Morgan fingerprint density at radius 2 is 0.683 bits per heavy atom. The summed E-state index contributed by atoms with van der Waals surface area (Å²) >= 11 is 6.03. The Labute approximate surface area is 852 Å². The largest absolute Gasteiger partial charge is 0.452 e. The molecule has 145 heavy (non-hydrogen) atoms. The van der Waals surface area contributed by atoms with Crippen LogP contribution in [0.3, 0.4) is 0 Å². The van der Waals surface area contributed by atoms with Crippen molar-refractivity contribution in [3.05, 3.63) is 147 Å². The van der Waals surface area contributed by atoms with Crippen LogP contribution in [-0.4, -0.2) is 174 Å². The Balaban J connectivity index is 0.000000132. The Morgan fingerprint density at radius 3 is 0.972 bits per heavy atom. The number of benzene rings is 5. The molecule has 4 amide bonds. The number of aromatic nitrogens is 10. The lowest BCUT2D eigenvalue weighted by Gasteiger charge is -2.34. The lowest BCUT2D eigenvalue weighted by molar-refractivity contribution is -0.122. The van der Waals surface area contributed by atoms with Crippen LogP contribution in [0.15, 0.2) is 91.3 Å². The molecule has 9 heterocycles. The number of carbonyl (C=O) groups excluding carboxylic acids is 8. The molecular weight excluding hydrogens is 1870 g/mol. The fourth-order valence-electron chi connectivity index (χ4n) is 25.8. The van der Waals surface area contributed by atoms with Crippen molar-refractivity contribution in [1.29, 1.82) is 0 Å². The minimum absolute atomic E-state index is 0.00408. The van der Waals surface area contributed by atoms with Gasteiger partial charge in [-0.05, 0) is 275 Å². The number of Topliss-reactive ketones (excluding diaryl/α,β-unsaturated/α-hetero) is 4. The number of nitrogens with zero attached hydrogens (tertiary/aromatic N) is 14. The molecule has 780 valence electrons. The first-order chi connectivity index (χ1) is 69.6. The van der Waals surface area contributed by atoms with Crippen LogP contribution in [0.5, 0.6) is 0 Å². The highest BCUT2D eigenvalue weighted by Gasteiger charge is 2.44. The number of amides is 4. The smallest absolute Gasteiger partial charge is 0.414 e. The molecule has 4 N–H and O–H groups in total. The van der Waals surface area contributed by atoms with Crippen LogP contribution in [0.4, 0.5) is 50.7 Å². The minimum atomic E-state index is -2.61. The van der Waals surface area contributed by atoms with Crippen LogP contribution < -0.4 is 19.6 Å². The van der Waals surface area contributed by atoms with Gasteiger partial charge < -0.3 is 57.6 Å². The standard InChI is InChI=1S/C29H39F2N3O4.C29H35N3O4.C28H39N3O4.C26H32ClN5O4/c1-17-7-8-22-23(33(17)28(37)38-3)9-10-24-26(22)32-27(25(36)15-19-11-13-29(30,31)14-12-19)34(24)21-6-4-5-20(16-21)18(2)35;1-18-12-13-23-24(31(18)29(35)36-3)14-15-25-27(23)30-28(26(34)16-20-8-5-4-6-9-20)32(25)22-11-7-10-21(17-22)19(2)33;1-17-11-12-22-23(30(17)28(34)35-3)13-14-24-26(22)29-27(25(33)15-19-7-4-5-8-19)31(24)21-10-6-9-20(16-21)18(2)32;1-15-7-8-20-21(31(15)26(35)36-3)9-10-22-24(20)29-25(23(34)14-30-13-18(27)12-28-30)32(22)19-6-4-5-17(11-19)16(2)33/h9-10,17,19-21,25,36H,4-8,11-16H2,1-3H3;4-6,8-9,14-15,18,21-22,26,34H,7,10-13,16-17H2,1-3H3;13-14,17,19-21,25,33H,4-12,15-16H2,1-3H3;9-10,12-13,15,17,19,23,34H,4-8,11,14H2,1-3H3/t17-,20+,21+,25+;18-,21+,22+,26+;17-,20+,21+,25-;15-,17+,19+,23-/m0000/s1. The van der Waals surface area contributed by atoms with Crippen molar-refractivity contribution in [1.82, 2.24) is 48.0 Å². The average Bonchev–Trinajstić information content (AvgIpc) is 1.62. The first kappa shape index (κ1) is 105. The summed E-state index contributed by atoms with van der Waals surface area (Å²) in [5.41, 5.74) is 15.3. The fourth-order valence-corrected chi connectivity index (χ4v) is 25.9. The number of carbonyl (C=O) groups is 8. The monoisotopic (exact) mass is 2020 g/mol. The predicted octanol–water partition coefficient (Wildman–Crippen LogP) is 22.8. The molecule has 16 atom stereocenters. The SMILES string of the molecule is COC(=O)N1c2ccc3c(nc([C@@H](O)CC4CCCC4)n3[C@@H]3CCC[C@@H](C(C)=O)C3)c2CC[C@@H]1C.COC(=O)N1c2ccc3c(nc([C@@H](O)Cn4cc(Cl)cn4)n3[C@@H]3CCC[C@@H](C(C)=O)C3)c2CC[C@@H]1C.COC(=O)N1c2ccc3c(nc([C@H](O)CC4CCC(F)(F)CC4)n3[C@@H]3CCC[C@@H](C(C)=O)C3)c2CC[C@@H]1C.COC(=O)N1c2ccc3c(nc([C@H](O)Cc4ccccc4)n3[C@@H]3CCC[C@@H](C(C)=O)C3)c2CC[C@@H]1C. The summed E-state index contributed by atoms with van der Waals surface area (Å²) in [6.45, 7) is 15.0. The summed E-state index contributed by atoms with van der Waals surface area (Å²) in [6.07, 6.45) is 25.8. The minimum Gasteiger partial charge on any atom is -0.452 e. The van der Waals surface area contributed by atoms with Gasteiger partial charge in [0.1, 0.15) is 70.8 Å². The highest BCUT2D eigenvalue weighted by atomic mass is 35.5. The maximum absolute atomic E-state index is 13.7. The summed E-state index contributed by atoms with van der Waals surface area (Å²) in [6, 6.07) is 26.2. The third kappa shape index (κ3) is 22.1. The number of aliphatic hydroxyl groups is 4.